The number of nitrogens with zero attached hydrogens (tertiary/aromatic N) is 1. The quantitative estimate of drug-likeness (QED) is 0.477. The van der Waals surface area contributed by atoms with Gasteiger partial charge in [0, 0.05) is 54.9 Å². The lowest BCUT2D eigenvalue weighted by Crippen LogP contribution is -2.58. The molecule has 3 fully saturated rings. The summed E-state index contributed by atoms with van der Waals surface area (Å²) in [6, 6.07) is 7.01. The highest BCUT2D eigenvalue weighted by atomic mass is 35.5. The van der Waals surface area contributed by atoms with Crippen LogP contribution < -0.4 is 10.6 Å². The summed E-state index contributed by atoms with van der Waals surface area (Å²) in [5, 5.41) is 18.1. The molecule has 5 atom stereocenters. The highest BCUT2D eigenvalue weighted by molar-refractivity contribution is 6.30. The van der Waals surface area contributed by atoms with Gasteiger partial charge >= 0.3 is 6.09 Å². The van der Waals surface area contributed by atoms with Crippen LogP contribution in [-0.4, -0.2) is 66.1 Å². The molecule has 1 spiro atoms. The fraction of sp³-hybridized carbons (Fsp3) is 0.667. The van der Waals surface area contributed by atoms with Gasteiger partial charge in [0.15, 0.2) is 0 Å². The molecule has 198 valence electrons. The lowest BCUT2D eigenvalue weighted by Gasteiger charge is -2.51. The number of nitrogens with one attached hydrogen (secondary N) is 2. The summed E-state index contributed by atoms with van der Waals surface area (Å²) in [6.07, 6.45) is 3.55. The Morgan fingerprint density at radius 3 is 2.67 bits per heavy atom. The van der Waals surface area contributed by atoms with E-state index in [9.17, 15) is 19.5 Å². The molecule has 2 aliphatic heterocycles. The van der Waals surface area contributed by atoms with Crippen molar-refractivity contribution in [2.45, 2.75) is 70.1 Å². The zero-order chi connectivity index (χ0) is 26.1. The molecular weight excluding hydrogens is 482 g/mol. The number of carbonyl (C=O) groups excluding carboxylic acids is 3. The van der Waals surface area contributed by atoms with Gasteiger partial charge in [-0.15, -0.1) is 0 Å². The highest BCUT2D eigenvalue weighted by Crippen LogP contribution is 2.46. The van der Waals surface area contributed by atoms with Gasteiger partial charge in [-0.25, -0.2) is 4.79 Å². The number of amides is 2. The van der Waals surface area contributed by atoms with Crippen molar-refractivity contribution >= 4 is 29.9 Å². The fourth-order valence-corrected chi connectivity index (χ4v) is 6.30. The maximum atomic E-state index is 13.2. The van der Waals surface area contributed by atoms with E-state index in [1.165, 1.54) is 0 Å². The number of carbonyl (C=O) groups is 3. The Hall–Kier alpha value is -2.16. The molecule has 8 nitrogen and oxygen atoms in total. The first-order chi connectivity index (χ1) is 17.0. The summed E-state index contributed by atoms with van der Waals surface area (Å²) in [5.41, 5.74) is -1.18. The Morgan fingerprint density at radius 2 is 2.03 bits per heavy atom. The third-order valence-electron chi connectivity index (χ3n) is 8.58. The van der Waals surface area contributed by atoms with Crippen molar-refractivity contribution in [2.24, 2.45) is 17.3 Å². The molecule has 2 saturated heterocycles. The van der Waals surface area contributed by atoms with Gasteiger partial charge < -0.3 is 30.2 Å². The van der Waals surface area contributed by atoms with E-state index in [2.05, 4.69) is 15.5 Å². The van der Waals surface area contributed by atoms with Crippen molar-refractivity contribution in [1.82, 2.24) is 15.5 Å². The van der Waals surface area contributed by atoms with Crippen molar-refractivity contribution in [3.05, 3.63) is 34.9 Å². The normalized spacial score (nSPS) is 31.8. The molecule has 1 aromatic rings. The molecule has 2 amide bonds. The number of hydrogen-bond donors (Lipinski definition) is 3. The van der Waals surface area contributed by atoms with Crippen molar-refractivity contribution in [3.8, 4) is 0 Å². The summed E-state index contributed by atoms with van der Waals surface area (Å²) in [7, 11) is 0. The molecule has 0 radical (unpaired) electrons. The minimum atomic E-state index is -1.01. The summed E-state index contributed by atoms with van der Waals surface area (Å²) in [6.45, 7) is 8.23. The highest BCUT2D eigenvalue weighted by Gasteiger charge is 2.50. The molecule has 1 aliphatic carbocycles. The Morgan fingerprint density at radius 1 is 1.31 bits per heavy atom. The molecule has 4 rings (SSSR count). The van der Waals surface area contributed by atoms with Crippen LogP contribution in [0, 0.1) is 17.3 Å². The lowest BCUT2D eigenvalue weighted by molar-refractivity contribution is -0.132. The van der Waals surface area contributed by atoms with Crippen LogP contribution in [0.5, 0.6) is 0 Å². The SMILES string of the molecule is C[C@@H](C=O)C(CN1CC[C@](O)(c2ccc(Cl)cc2)C(C)(C)C1)NC(=O)[C@@H]1CCC2(CCNC(=O)O2)C1. The number of piperidine rings is 1. The van der Waals surface area contributed by atoms with E-state index in [1.807, 2.05) is 32.9 Å². The van der Waals surface area contributed by atoms with Crippen LogP contribution in [0.3, 0.4) is 0 Å². The predicted octanol–water partition coefficient (Wildman–Crippen LogP) is 3.25. The molecule has 2 heterocycles. The zero-order valence-corrected chi connectivity index (χ0v) is 22.1. The van der Waals surface area contributed by atoms with Crippen molar-refractivity contribution in [1.29, 1.82) is 0 Å². The standard InChI is InChI=1S/C27H38ClN3O5/c1-18(16-32)22(30-23(33)19-8-9-26(14-19)10-12-29-24(34)36-26)15-31-13-11-27(35,25(2,3)17-31)20-4-6-21(28)7-5-20/h4-7,16,18-19,22,35H,8-15,17H2,1-3H3,(H,29,34)(H,30,33)/t18-,19+,22?,26?,27-/m0/s1. The number of hydrogen-bond acceptors (Lipinski definition) is 6. The van der Waals surface area contributed by atoms with Crippen LogP contribution in [0.15, 0.2) is 24.3 Å². The number of benzene rings is 1. The molecule has 0 aromatic heterocycles. The molecule has 2 unspecified atom stereocenters. The monoisotopic (exact) mass is 519 g/mol. The van der Waals surface area contributed by atoms with Crippen molar-refractivity contribution < 1.29 is 24.2 Å². The number of halogens is 1. The maximum absolute atomic E-state index is 13.2. The van der Waals surface area contributed by atoms with E-state index >= 15 is 0 Å². The third-order valence-corrected chi connectivity index (χ3v) is 8.83. The number of aliphatic hydroxyl groups is 1. The van der Waals surface area contributed by atoms with E-state index in [0.29, 0.717) is 63.3 Å². The Bertz CT molecular complexity index is 986. The van der Waals surface area contributed by atoms with Gasteiger partial charge in [-0.05, 0) is 43.4 Å². The number of alkyl carbamates (subject to hydrolysis) is 1. The number of rotatable bonds is 7. The van der Waals surface area contributed by atoms with Crippen LogP contribution in [0.2, 0.25) is 5.02 Å². The van der Waals surface area contributed by atoms with Crippen LogP contribution in [0.25, 0.3) is 0 Å². The van der Waals surface area contributed by atoms with Crippen LogP contribution in [0.4, 0.5) is 4.79 Å². The third kappa shape index (κ3) is 5.41. The first-order valence-corrected chi connectivity index (χ1v) is 13.3. The molecule has 1 saturated carbocycles. The minimum absolute atomic E-state index is 0.0888. The van der Waals surface area contributed by atoms with E-state index in [1.54, 1.807) is 12.1 Å². The Labute approximate surface area is 218 Å². The summed E-state index contributed by atoms with van der Waals surface area (Å²) in [5.74, 6) is -0.694. The van der Waals surface area contributed by atoms with Gasteiger partial charge in [0.05, 0.1) is 11.6 Å². The summed E-state index contributed by atoms with van der Waals surface area (Å²) in [4.78, 5) is 38.9. The van der Waals surface area contributed by atoms with Crippen molar-refractivity contribution in [2.75, 3.05) is 26.2 Å². The Balaban J connectivity index is 1.40. The lowest BCUT2D eigenvalue weighted by atomic mass is 9.66. The van der Waals surface area contributed by atoms with Crippen LogP contribution in [-0.2, 0) is 19.9 Å². The van der Waals surface area contributed by atoms with Gasteiger partial charge in [-0.2, -0.15) is 0 Å². The van der Waals surface area contributed by atoms with Gasteiger partial charge in [0.1, 0.15) is 11.9 Å². The molecule has 1 aromatic carbocycles. The molecule has 3 aliphatic rings. The maximum Gasteiger partial charge on any atom is 0.407 e. The summed E-state index contributed by atoms with van der Waals surface area (Å²) >= 11 is 6.05. The van der Waals surface area contributed by atoms with E-state index < -0.39 is 22.7 Å². The van der Waals surface area contributed by atoms with E-state index in [0.717, 1.165) is 11.8 Å². The minimum Gasteiger partial charge on any atom is -0.443 e. The second-order valence-electron chi connectivity index (χ2n) is 11.5. The average Bonchev–Trinajstić information content (AvgIpc) is 3.23. The van der Waals surface area contributed by atoms with E-state index in [4.69, 9.17) is 16.3 Å². The smallest absolute Gasteiger partial charge is 0.407 e. The second kappa shape index (κ2) is 10.3. The average molecular weight is 520 g/mol. The van der Waals surface area contributed by atoms with Crippen LogP contribution >= 0.6 is 11.6 Å². The topological polar surface area (TPSA) is 108 Å². The molecule has 0 bridgehead atoms. The molecule has 9 heteroatoms. The van der Waals surface area contributed by atoms with Crippen molar-refractivity contribution in [3.63, 3.8) is 0 Å². The second-order valence-corrected chi connectivity index (χ2v) is 12.0. The van der Waals surface area contributed by atoms with E-state index in [-0.39, 0.29) is 23.8 Å². The van der Waals surface area contributed by atoms with Gasteiger partial charge in [0.2, 0.25) is 5.91 Å². The molecule has 36 heavy (non-hydrogen) atoms. The molecular formula is C27H38ClN3O5. The fourth-order valence-electron chi connectivity index (χ4n) is 6.17. The number of likely N-dealkylation sites (tertiary alicyclic amines) is 1. The number of ether oxygens (including phenoxy) is 1. The predicted molar refractivity (Wildman–Crippen MR) is 137 cm³/mol. The zero-order valence-electron chi connectivity index (χ0n) is 21.4. The van der Waals surface area contributed by atoms with Gasteiger partial charge in [-0.1, -0.05) is 44.5 Å². The largest absolute Gasteiger partial charge is 0.443 e. The molecule has 3 N–H and O–H groups in total. The van der Waals surface area contributed by atoms with Gasteiger partial charge in [0.25, 0.3) is 0 Å². The first-order valence-electron chi connectivity index (χ1n) is 12.9. The van der Waals surface area contributed by atoms with Gasteiger partial charge in [-0.3, -0.25) is 4.79 Å². The Kier molecular flexibility index (Phi) is 7.70. The number of aldehydes is 1. The first kappa shape index (κ1) is 26.9. The summed E-state index contributed by atoms with van der Waals surface area (Å²) < 4.78 is 5.57. The van der Waals surface area contributed by atoms with Crippen LogP contribution in [0.1, 0.15) is 58.4 Å².